The maximum absolute atomic E-state index is 12.3. The molecular formula is C16H24N2O3. The molecule has 5 heteroatoms. The van der Waals surface area contributed by atoms with E-state index in [0.717, 1.165) is 0 Å². The van der Waals surface area contributed by atoms with E-state index >= 15 is 0 Å². The summed E-state index contributed by atoms with van der Waals surface area (Å²) in [4.78, 5) is 23.2. The SMILES string of the molecule is CC(C)(C)CC(CN)C(=O)Nc1ccccc1CC(=O)O. The smallest absolute Gasteiger partial charge is 0.307 e. The molecule has 1 unspecified atom stereocenters. The van der Waals surface area contributed by atoms with Crippen LogP contribution in [0.5, 0.6) is 0 Å². The molecule has 0 aromatic heterocycles. The number of hydrogen-bond donors (Lipinski definition) is 3. The van der Waals surface area contributed by atoms with Crippen molar-refractivity contribution in [2.75, 3.05) is 11.9 Å². The standard InChI is InChI=1S/C16H24N2O3/c1-16(2,3)9-12(10-17)15(21)18-13-7-5-4-6-11(13)8-14(19)20/h4-7,12H,8-10,17H2,1-3H3,(H,18,21)(H,19,20). The monoisotopic (exact) mass is 292 g/mol. The van der Waals surface area contributed by atoms with Crippen LogP contribution in [-0.2, 0) is 16.0 Å². The highest BCUT2D eigenvalue weighted by Gasteiger charge is 2.24. The van der Waals surface area contributed by atoms with E-state index in [0.29, 0.717) is 17.7 Å². The normalized spacial score (nSPS) is 12.8. The number of carboxylic acid groups (broad SMARTS) is 1. The molecule has 1 rings (SSSR count). The average Bonchev–Trinajstić information content (AvgIpc) is 2.36. The molecule has 0 saturated heterocycles. The molecule has 1 aromatic rings. The van der Waals surface area contributed by atoms with Crippen LogP contribution in [0.2, 0.25) is 0 Å². The van der Waals surface area contributed by atoms with Gasteiger partial charge in [0, 0.05) is 12.2 Å². The summed E-state index contributed by atoms with van der Waals surface area (Å²) in [6, 6.07) is 6.93. The lowest BCUT2D eigenvalue weighted by Gasteiger charge is -2.24. The van der Waals surface area contributed by atoms with E-state index in [4.69, 9.17) is 10.8 Å². The van der Waals surface area contributed by atoms with Crippen molar-refractivity contribution in [2.45, 2.75) is 33.6 Å². The number of amides is 1. The van der Waals surface area contributed by atoms with Crippen molar-refractivity contribution in [1.29, 1.82) is 0 Å². The molecule has 0 aliphatic carbocycles. The topological polar surface area (TPSA) is 92.4 Å². The van der Waals surface area contributed by atoms with Crippen LogP contribution in [0.25, 0.3) is 0 Å². The number of carboxylic acids is 1. The summed E-state index contributed by atoms with van der Waals surface area (Å²) < 4.78 is 0. The lowest BCUT2D eigenvalue weighted by atomic mass is 9.84. The number of anilines is 1. The second kappa shape index (κ2) is 7.22. The third kappa shape index (κ3) is 5.95. The molecule has 1 atom stereocenters. The number of aliphatic carboxylic acids is 1. The largest absolute Gasteiger partial charge is 0.481 e. The fourth-order valence-corrected chi connectivity index (χ4v) is 2.22. The minimum atomic E-state index is -0.929. The van der Waals surface area contributed by atoms with Crippen molar-refractivity contribution in [3.8, 4) is 0 Å². The molecule has 0 spiro atoms. The van der Waals surface area contributed by atoms with E-state index in [9.17, 15) is 9.59 Å². The van der Waals surface area contributed by atoms with E-state index in [-0.39, 0.29) is 30.2 Å². The summed E-state index contributed by atoms with van der Waals surface area (Å²) in [5.41, 5.74) is 6.83. The van der Waals surface area contributed by atoms with Crippen LogP contribution in [0.4, 0.5) is 5.69 Å². The Morgan fingerprint density at radius 2 is 1.90 bits per heavy atom. The zero-order chi connectivity index (χ0) is 16.0. The van der Waals surface area contributed by atoms with Gasteiger partial charge in [-0.3, -0.25) is 9.59 Å². The molecule has 0 aliphatic heterocycles. The number of hydrogen-bond acceptors (Lipinski definition) is 3. The molecule has 0 aliphatic rings. The molecule has 5 nitrogen and oxygen atoms in total. The van der Waals surface area contributed by atoms with Crippen molar-refractivity contribution in [3.63, 3.8) is 0 Å². The molecule has 0 saturated carbocycles. The zero-order valence-electron chi connectivity index (χ0n) is 12.8. The first-order chi connectivity index (χ1) is 9.73. The van der Waals surface area contributed by atoms with Gasteiger partial charge in [0.25, 0.3) is 0 Å². The van der Waals surface area contributed by atoms with E-state index in [1.54, 1.807) is 24.3 Å². The molecular weight excluding hydrogens is 268 g/mol. The minimum absolute atomic E-state index is 0.00194. The fourth-order valence-electron chi connectivity index (χ4n) is 2.22. The molecule has 0 bridgehead atoms. The number of carbonyl (C=O) groups excluding carboxylic acids is 1. The molecule has 0 heterocycles. The highest BCUT2D eigenvalue weighted by atomic mass is 16.4. The van der Waals surface area contributed by atoms with Crippen molar-refractivity contribution in [2.24, 2.45) is 17.1 Å². The van der Waals surface area contributed by atoms with Gasteiger partial charge in [0.05, 0.1) is 12.3 Å². The van der Waals surface area contributed by atoms with Crippen LogP contribution in [0.1, 0.15) is 32.8 Å². The number of nitrogens with one attached hydrogen (secondary N) is 1. The van der Waals surface area contributed by atoms with Crippen molar-refractivity contribution in [3.05, 3.63) is 29.8 Å². The Morgan fingerprint density at radius 1 is 1.29 bits per heavy atom. The van der Waals surface area contributed by atoms with Crippen LogP contribution in [-0.4, -0.2) is 23.5 Å². The van der Waals surface area contributed by atoms with Gasteiger partial charge in [-0.1, -0.05) is 39.0 Å². The fraction of sp³-hybridized carbons (Fsp3) is 0.500. The molecule has 116 valence electrons. The van der Waals surface area contributed by atoms with Gasteiger partial charge in [0.2, 0.25) is 5.91 Å². The first kappa shape index (κ1) is 17.2. The lowest BCUT2D eigenvalue weighted by molar-refractivity contribution is -0.136. The summed E-state index contributed by atoms with van der Waals surface area (Å²) in [5.74, 6) is -1.38. The van der Waals surface area contributed by atoms with Crippen LogP contribution in [0.3, 0.4) is 0 Å². The number of carbonyl (C=O) groups is 2. The van der Waals surface area contributed by atoms with E-state index in [2.05, 4.69) is 26.1 Å². The molecule has 0 fully saturated rings. The third-order valence-electron chi connectivity index (χ3n) is 3.13. The number of para-hydroxylation sites is 1. The van der Waals surface area contributed by atoms with Crippen LogP contribution >= 0.6 is 0 Å². The summed E-state index contributed by atoms with van der Waals surface area (Å²) in [5, 5.41) is 11.7. The van der Waals surface area contributed by atoms with Crippen LogP contribution in [0, 0.1) is 11.3 Å². The predicted octanol–water partition coefficient (Wildman–Crippen LogP) is 2.26. The second-order valence-corrected chi connectivity index (χ2v) is 6.41. The van der Waals surface area contributed by atoms with Gasteiger partial charge in [-0.05, 0) is 23.5 Å². The molecule has 1 amide bonds. The summed E-state index contributed by atoms with van der Waals surface area (Å²) in [6.45, 7) is 6.44. The number of rotatable bonds is 6. The maximum Gasteiger partial charge on any atom is 0.307 e. The van der Waals surface area contributed by atoms with Gasteiger partial charge in [0.1, 0.15) is 0 Å². The Labute approximate surface area is 125 Å². The van der Waals surface area contributed by atoms with Crippen molar-refractivity contribution < 1.29 is 14.7 Å². The van der Waals surface area contributed by atoms with Crippen LogP contribution < -0.4 is 11.1 Å². The molecule has 4 N–H and O–H groups in total. The Balaban J connectivity index is 2.84. The quantitative estimate of drug-likeness (QED) is 0.750. The molecule has 0 radical (unpaired) electrons. The summed E-state index contributed by atoms with van der Waals surface area (Å²) >= 11 is 0. The average molecular weight is 292 g/mol. The van der Waals surface area contributed by atoms with Gasteiger partial charge in [-0.25, -0.2) is 0 Å². The maximum atomic E-state index is 12.3. The van der Waals surface area contributed by atoms with Gasteiger partial charge in [0.15, 0.2) is 0 Å². The van der Waals surface area contributed by atoms with Crippen molar-refractivity contribution in [1.82, 2.24) is 0 Å². The summed E-state index contributed by atoms with van der Waals surface area (Å²) in [6.07, 6.45) is 0.555. The predicted molar refractivity (Wildman–Crippen MR) is 83.0 cm³/mol. The Hall–Kier alpha value is -1.88. The summed E-state index contributed by atoms with van der Waals surface area (Å²) in [7, 11) is 0. The highest BCUT2D eigenvalue weighted by Crippen LogP contribution is 2.25. The van der Waals surface area contributed by atoms with E-state index in [1.165, 1.54) is 0 Å². The third-order valence-corrected chi connectivity index (χ3v) is 3.13. The first-order valence-corrected chi connectivity index (χ1v) is 7.03. The van der Waals surface area contributed by atoms with Gasteiger partial charge >= 0.3 is 5.97 Å². The van der Waals surface area contributed by atoms with E-state index < -0.39 is 5.97 Å². The zero-order valence-corrected chi connectivity index (χ0v) is 12.8. The second-order valence-electron chi connectivity index (χ2n) is 6.41. The molecule has 21 heavy (non-hydrogen) atoms. The highest BCUT2D eigenvalue weighted by molar-refractivity contribution is 5.94. The van der Waals surface area contributed by atoms with Gasteiger partial charge < -0.3 is 16.2 Å². The Kier molecular flexibility index (Phi) is 5.90. The van der Waals surface area contributed by atoms with Crippen molar-refractivity contribution >= 4 is 17.6 Å². The minimum Gasteiger partial charge on any atom is -0.481 e. The molecule has 1 aromatic carbocycles. The number of benzene rings is 1. The van der Waals surface area contributed by atoms with E-state index in [1.807, 2.05) is 0 Å². The van der Waals surface area contributed by atoms with Gasteiger partial charge in [-0.15, -0.1) is 0 Å². The van der Waals surface area contributed by atoms with Gasteiger partial charge in [-0.2, -0.15) is 0 Å². The number of nitrogens with two attached hydrogens (primary N) is 1. The lowest BCUT2D eigenvalue weighted by Crippen LogP contribution is -2.32. The van der Waals surface area contributed by atoms with Crippen LogP contribution in [0.15, 0.2) is 24.3 Å². The first-order valence-electron chi connectivity index (χ1n) is 7.03. The Morgan fingerprint density at radius 3 is 2.43 bits per heavy atom. The Bertz CT molecular complexity index is 506.